The van der Waals surface area contributed by atoms with Crippen LogP contribution in [0.15, 0.2) is 30.3 Å². The number of nitrogens with zero attached hydrogens (tertiary/aromatic N) is 3. The Morgan fingerprint density at radius 1 is 1.41 bits per heavy atom. The summed E-state index contributed by atoms with van der Waals surface area (Å²) in [7, 11) is 1.86. The van der Waals surface area contributed by atoms with Gasteiger partial charge in [-0.15, -0.1) is 0 Å². The Morgan fingerprint density at radius 2 is 2.19 bits per heavy atom. The first-order valence-corrected chi connectivity index (χ1v) is 9.61. The van der Waals surface area contributed by atoms with Crippen LogP contribution >= 0.6 is 11.6 Å². The molecular formula is C20H23ClN4O2. The van der Waals surface area contributed by atoms with Crippen LogP contribution in [0.3, 0.4) is 0 Å². The minimum absolute atomic E-state index is 0.0864. The minimum atomic E-state index is -0.813. The summed E-state index contributed by atoms with van der Waals surface area (Å²) in [4.78, 5) is 27.5. The average molecular weight is 387 g/mol. The second-order valence-corrected chi connectivity index (χ2v) is 7.97. The highest BCUT2D eigenvalue weighted by atomic mass is 35.5. The Labute approximate surface area is 163 Å². The highest BCUT2D eigenvalue weighted by Crippen LogP contribution is 2.45. The second kappa shape index (κ2) is 6.68. The van der Waals surface area contributed by atoms with E-state index in [1.54, 1.807) is 4.68 Å². The minimum Gasteiger partial charge on any atom is -0.350 e. The van der Waals surface area contributed by atoms with Crippen LogP contribution in [0.25, 0.3) is 0 Å². The first-order chi connectivity index (χ1) is 12.9. The van der Waals surface area contributed by atoms with Crippen molar-refractivity contribution in [1.82, 2.24) is 20.0 Å². The van der Waals surface area contributed by atoms with Crippen LogP contribution in [0.4, 0.5) is 0 Å². The van der Waals surface area contributed by atoms with Gasteiger partial charge in [0.1, 0.15) is 0 Å². The number of carbonyl (C=O) groups excluding carboxylic acids is 2. The van der Waals surface area contributed by atoms with Gasteiger partial charge in [0.15, 0.2) is 0 Å². The first-order valence-electron chi connectivity index (χ1n) is 9.23. The molecule has 142 valence electrons. The number of hydrogen-bond donors (Lipinski definition) is 1. The lowest BCUT2D eigenvalue weighted by Crippen LogP contribution is -2.47. The summed E-state index contributed by atoms with van der Waals surface area (Å²) in [6, 6.07) is 9.53. The van der Waals surface area contributed by atoms with Gasteiger partial charge in [-0.1, -0.05) is 29.8 Å². The van der Waals surface area contributed by atoms with Crippen molar-refractivity contribution in [3.8, 4) is 0 Å². The van der Waals surface area contributed by atoms with E-state index in [-0.39, 0.29) is 17.9 Å². The van der Waals surface area contributed by atoms with Gasteiger partial charge >= 0.3 is 0 Å². The predicted octanol–water partition coefficient (Wildman–Crippen LogP) is 2.33. The molecule has 2 aromatic rings. The van der Waals surface area contributed by atoms with Crippen molar-refractivity contribution in [3.05, 3.63) is 52.3 Å². The molecule has 2 aliphatic rings. The van der Waals surface area contributed by atoms with Crippen LogP contribution in [0, 0.1) is 6.92 Å². The maximum atomic E-state index is 13.4. The zero-order valence-electron chi connectivity index (χ0n) is 15.5. The monoisotopic (exact) mass is 386 g/mol. The fourth-order valence-corrected chi connectivity index (χ4v) is 4.80. The molecule has 3 heterocycles. The summed E-state index contributed by atoms with van der Waals surface area (Å²) in [5, 5.41) is 7.96. The Balaban J connectivity index is 1.64. The lowest BCUT2D eigenvalue weighted by atomic mass is 9.76. The molecule has 2 amide bonds. The van der Waals surface area contributed by atoms with Crippen molar-refractivity contribution in [2.75, 3.05) is 6.54 Å². The van der Waals surface area contributed by atoms with E-state index in [2.05, 4.69) is 10.4 Å². The fraction of sp³-hybridized carbons (Fsp3) is 0.450. The Hall–Kier alpha value is -2.34. The number of fused-ring (bicyclic) bond motifs is 1. The van der Waals surface area contributed by atoms with Crippen molar-refractivity contribution in [3.63, 3.8) is 0 Å². The molecule has 1 N–H and O–H groups in total. The van der Waals surface area contributed by atoms with Gasteiger partial charge in [0.25, 0.3) is 0 Å². The summed E-state index contributed by atoms with van der Waals surface area (Å²) < 4.78 is 1.77. The average Bonchev–Trinajstić information content (AvgIpc) is 3.28. The summed E-state index contributed by atoms with van der Waals surface area (Å²) in [5.74, 6) is 0.0423. The van der Waals surface area contributed by atoms with Gasteiger partial charge in [0.05, 0.1) is 23.3 Å². The van der Waals surface area contributed by atoms with E-state index in [4.69, 9.17) is 11.6 Å². The smallest absolute Gasteiger partial charge is 0.232 e. The molecule has 6 nitrogen and oxygen atoms in total. The Morgan fingerprint density at radius 3 is 2.85 bits per heavy atom. The van der Waals surface area contributed by atoms with E-state index in [0.717, 1.165) is 23.4 Å². The van der Waals surface area contributed by atoms with Gasteiger partial charge in [-0.25, -0.2) is 0 Å². The number of halogens is 1. The predicted molar refractivity (Wildman–Crippen MR) is 102 cm³/mol. The number of aromatic nitrogens is 2. The molecular weight excluding hydrogens is 364 g/mol. The van der Waals surface area contributed by atoms with Gasteiger partial charge in [-0.05, 0) is 37.5 Å². The normalized spacial score (nSPS) is 24.3. The number of amides is 2. The number of aryl methyl sites for hydroxylation is 2. The number of carbonyl (C=O) groups is 2. The lowest BCUT2D eigenvalue weighted by Gasteiger charge is -2.29. The third-order valence-electron chi connectivity index (χ3n) is 5.83. The van der Waals surface area contributed by atoms with E-state index in [1.807, 2.05) is 49.2 Å². The topological polar surface area (TPSA) is 67.2 Å². The molecule has 7 heteroatoms. The summed E-state index contributed by atoms with van der Waals surface area (Å²) in [5.41, 5.74) is 1.83. The molecule has 1 aromatic heterocycles. The summed E-state index contributed by atoms with van der Waals surface area (Å²) in [6.45, 7) is 2.70. The molecule has 0 aliphatic carbocycles. The standard InChI is InChI=1S/C20H23ClN4O2/c1-13-9-15(24(2)23-13)11-22-19(27)20(16-5-3-4-6-17(16)21)10-14-7-8-18(26)25(14)12-20/h3-6,9,14H,7-8,10-12H2,1-2H3,(H,22,27). The zero-order chi connectivity index (χ0) is 19.2. The van der Waals surface area contributed by atoms with E-state index >= 15 is 0 Å². The highest BCUT2D eigenvalue weighted by molar-refractivity contribution is 6.31. The number of rotatable bonds is 4. The molecule has 2 aliphatic heterocycles. The SMILES string of the molecule is Cc1cc(CNC(=O)C2(c3ccccc3Cl)CC3CCC(=O)N3C2)n(C)n1. The van der Waals surface area contributed by atoms with Gasteiger partial charge in [-0.2, -0.15) is 5.10 Å². The molecule has 27 heavy (non-hydrogen) atoms. The molecule has 2 fully saturated rings. The first kappa shape index (κ1) is 18.0. The molecule has 0 saturated carbocycles. The molecule has 0 radical (unpaired) electrons. The van der Waals surface area contributed by atoms with E-state index in [9.17, 15) is 9.59 Å². The maximum absolute atomic E-state index is 13.4. The number of hydrogen-bond acceptors (Lipinski definition) is 3. The molecule has 2 unspecified atom stereocenters. The van der Waals surface area contributed by atoms with Crippen LogP contribution in [0.2, 0.25) is 5.02 Å². The van der Waals surface area contributed by atoms with Crippen molar-refractivity contribution in [2.24, 2.45) is 7.05 Å². The number of benzene rings is 1. The van der Waals surface area contributed by atoms with Crippen molar-refractivity contribution >= 4 is 23.4 Å². The van der Waals surface area contributed by atoms with Crippen LogP contribution in [0.5, 0.6) is 0 Å². The van der Waals surface area contributed by atoms with Crippen LogP contribution in [0.1, 0.15) is 36.2 Å². The van der Waals surface area contributed by atoms with Crippen LogP contribution in [-0.4, -0.2) is 39.1 Å². The maximum Gasteiger partial charge on any atom is 0.232 e. The van der Waals surface area contributed by atoms with E-state index in [1.165, 1.54) is 0 Å². The van der Waals surface area contributed by atoms with Gasteiger partial charge < -0.3 is 10.2 Å². The van der Waals surface area contributed by atoms with Gasteiger partial charge in [0.2, 0.25) is 11.8 Å². The van der Waals surface area contributed by atoms with Crippen LogP contribution < -0.4 is 5.32 Å². The van der Waals surface area contributed by atoms with Crippen molar-refractivity contribution in [2.45, 2.75) is 44.2 Å². The third-order valence-corrected chi connectivity index (χ3v) is 6.16. The number of nitrogens with one attached hydrogen (secondary N) is 1. The molecule has 4 rings (SSSR count). The fourth-order valence-electron chi connectivity index (χ4n) is 4.48. The quantitative estimate of drug-likeness (QED) is 0.876. The Kier molecular flexibility index (Phi) is 4.46. The van der Waals surface area contributed by atoms with E-state index in [0.29, 0.717) is 31.0 Å². The lowest BCUT2D eigenvalue weighted by molar-refractivity contribution is -0.129. The van der Waals surface area contributed by atoms with Gasteiger partial charge in [0, 0.05) is 31.1 Å². The second-order valence-electron chi connectivity index (χ2n) is 7.56. The molecule has 2 saturated heterocycles. The summed E-state index contributed by atoms with van der Waals surface area (Å²) >= 11 is 6.48. The van der Waals surface area contributed by atoms with Crippen molar-refractivity contribution in [1.29, 1.82) is 0 Å². The zero-order valence-corrected chi connectivity index (χ0v) is 16.3. The molecule has 0 spiro atoms. The largest absolute Gasteiger partial charge is 0.350 e. The third kappa shape index (κ3) is 3.02. The van der Waals surface area contributed by atoms with Gasteiger partial charge in [-0.3, -0.25) is 14.3 Å². The van der Waals surface area contributed by atoms with E-state index < -0.39 is 5.41 Å². The molecule has 0 bridgehead atoms. The highest BCUT2D eigenvalue weighted by Gasteiger charge is 2.54. The van der Waals surface area contributed by atoms with Crippen molar-refractivity contribution < 1.29 is 9.59 Å². The Bertz CT molecular complexity index is 909. The summed E-state index contributed by atoms with van der Waals surface area (Å²) in [6.07, 6.45) is 1.98. The molecule has 2 atom stereocenters. The van der Waals surface area contributed by atoms with Crippen LogP contribution in [-0.2, 0) is 28.6 Å². The molecule has 1 aromatic carbocycles.